The Labute approximate surface area is 117 Å². The van der Waals surface area contributed by atoms with Crippen LogP contribution >= 0.6 is 0 Å². The van der Waals surface area contributed by atoms with Crippen LogP contribution in [0.2, 0.25) is 0 Å². The molecule has 0 aliphatic rings. The van der Waals surface area contributed by atoms with Crippen molar-refractivity contribution in [2.45, 2.75) is 46.3 Å². The second-order valence-corrected chi connectivity index (χ2v) is 5.28. The monoisotopic (exact) mass is 283 g/mol. The lowest BCUT2D eigenvalue weighted by Gasteiger charge is -2.19. The predicted molar refractivity (Wildman–Crippen MR) is 71.8 cm³/mol. The molecule has 20 heavy (non-hydrogen) atoms. The van der Waals surface area contributed by atoms with Gasteiger partial charge in [0.15, 0.2) is 0 Å². The molecule has 2 amide bonds. The smallest absolute Gasteiger partial charge is 0.413 e. The van der Waals surface area contributed by atoms with Crippen molar-refractivity contribution in [2.75, 3.05) is 6.61 Å². The van der Waals surface area contributed by atoms with Crippen LogP contribution in [-0.4, -0.2) is 39.1 Å². The molecular formula is C12H21N5O3. The van der Waals surface area contributed by atoms with E-state index in [4.69, 9.17) is 0 Å². The maximum Gasteiger partial charge on any atom is 0.413 e. The topological polar surface area (TPSA) is 98.1 Å². The molecule has 0 saturated heterocycles. The van der Waals surface area contributed by atoms with Gasteiger partial charge in [-0.25, -0.2) is 9.48 Å². The lowest BCUT2D eigenvalue weighted by atomic mass is 10.1. The zero-order valence-electron chi connectivity index (χ0n) is 12.3. The zero-order chi connectivity index (χ0) is 15.2. The fraction of sp³-hybridized carbons (Fsp3) is 0.667. The lowest BCUT2D eigenvalue weighted by Crippen LogP contribution is -2.35. The Balaban J connectivity index is 2.43. The third-order valence-electron chi connectivity index (χ3n) is 2.21. The average molecular weight is 283 g/mol. The van der Waals surface area contributed by atoms with Crippen molar-refractivity contribution < 1.29 is 14.3 Å². The van der Waals surface area contributed by atoms with E-state index in [0.717, 1.165) is 5.69 Å². The van der Waals surface area contributed by atoms with E-state index in [9.17, 15) is 9.59 Å². The minimum atomic E-state index is -0.757. The molecule has 2 N–H and O–H groups in total. The highest BCUT2D eigenvalue weighted by atomic mass is 16.5. The molecule has 0 aliphatic carbocycles. The standard InChI is InChI=1S/C12H21N5O3/c1-5-20-11(19)14-10(18)8-17-7-9(15-16-17)6-13-12(2,3)4/h7,13H,5-6,8H2,1-4H3,(H,14,18,19). The lowest BCUT2D eigenvalue weighted by molar-refractivity contribution is -0.121. The Hall–Kier alpha value is -1.96. The first-order valence-corrected chi connectivity index (χ1v) is 6.41. The Morgan fingerprint density at radius 1 is 1.40 bits per heavy atom. The molecule has 0 aliphatic heterocycles. The van der Waals surface area contributed by atoms with E-state index in [0.29, 0.717) is 6.54 Å². The van der Waals surface area contributed by atoms with Crippen molar-refractivity contribution in [2.24, 2.45) is 0 Å². The largest absolute Gasteiger partial charge is 0.450 e. The first-order chi connectivity index (χ1) is 9.30. The van der Waals surface area contributed by atoms with Crippen molar-refractivity contribution in [1.29, 1.82) is 0 Å². The number of amides is 2. The van der Waals surface area contributed by atoms with Crippen LogP contribution in [-0.2, 0) is 22.6 Å². The molecule has 112 valence electrons. The molecule has 1 aromatic heterocycles. The number of carbonyl (C=O) groups is 2. The minimum Gasteiger partial charge on any atom is -0.450 e. The Kier molecular flexibility index (Phi) is 5.63. The van der Waals surface area contributed by atoms with Gasteiger partial charge in [-0.2, -0.15) is 0 Å². The summed E-state index contributed by atoms with van der Waals surface area (Å²) in [5.74, 6) is -0.497. The second-order valence-electron chi connectivity index (χ2n) is 5.28. The summed E-state index contributed by atoms with van der Waals surface area (Å²) in [5, 5.41) is 13.1. The molecule has 0 bridgehead atoms. The number of alkyl carbamates (subject to hydrolysis) is 1. The Morgan fingerprint density at radius 2 is 2.10 bits per heavy atom. The van der Waals surface area contributed by atoms with Crippen LogP contribution in [0.4, 0.5) is 4.79 Å². The maximum absolute atomic E-state index is 11.5. The van der Waals surface area contributed by atoms with E-state index < -0.39 is 12.0 Å². The molecule has 0 fully saturated rings. The summed E-state index contributed by atoms with van der Waals surface area (Å²) < 4.78 is 5.97. The van der Waals surface area contributed by atoms with Crippen molar-refractivity contribution >= 4 is 12.0 Å². The zero-order valence-corrected chi connectivity index (χ0v) is 12.3. The van der Waals surface area contributed by atoms with Crippen LogP contribution in [0.25, 0.3) is 0 Å². The molecule has 1 rings (SSSR count). The van der Waals surface area contributed by atoms with E-state index >= 15 is 0 Å². The molecule has 1 heterocycles. The van der Waals surface area contributed by atoms with Crippen LogP contribution in [0, 0.1) is 0 Å². The van der Waals surface area contributed by atoms with E-state index in [-0.39, 0.29) is 18.7 Å². The molecular weight excluding hydrogens is 262 g/mol. The maximum atomic E-state index is 11.5. The number of imide groups is 1. The summed E-state index contributed by atoms with van der Waals surface area (Å²) >= 11 is 0. The summed E-state index contributed by atoms with van der Waals surface area (Å²) in [5.41, 5.74) is 0.703. The highest BCUT2D eigenvalue weighted by Crippen LogP contribution is 2.01. The number of carbonyl (C=O) groups excluding carboxylic acids is 2. The fourth-order valence-corrected chi connectivity index (χ4v) is 1.32. The number of aromatic nitrogens is 3. The van der Waals surface area contributed by atoms with Gasteiger partial charge in [-0.15, -0.1) is 5.10 Å². The Bertz CT molecular complexity index is 464. The molecule has 8 heteroatoms. The molecule has 8 nitrogen and oxygen atoms in total. The van der Waals surface area contributed by atoms with Crippen LogP contribution in [0.5, 0.6) is 0 Å². The van der Waals surface area contributed by atoms with Crippen molar-refractivity contribution in [3.05, 3.63) is 11.9 Å². The Morgan fingerprint density at radius 3 is 2.70 bits per heavy atom. The summed E-state index contributed by atoms with van der Waals surface area (Å²) in [4.78, 5) is 22.6. The average Bonchev–Trinajstić information content (AvgIpc) is 2.73. The molecule has 0 atom stereocenters. The SMILES string of the molecule is CCOC(=O)NC(=O)Cn1cc(CNC(C)(C)C)nn1. The van der Waals surface area contributed by atoms with Crippen LogP contribution in [0.1, 0.15) is 33.4 Å². The quantitative estimate of drug-likeness (QED) is 0.813. The van der Waals surface area contributed by atoms with Gasteiger partial charge < -0.3 is 10.1 Å². The number of ether oxygens (including phenoxy) is 1. The first kappa shape index (κ1) is 16.1. The molecule has 0 radical (unpaired) electrons. The van der Waals surface area contributed by atoms with E-state index in [2.05, 4.69) is 25.7 Å². The number of nitrogens with zero attached hydrogens (tertiary/aromatic N) is 3. The molecule has 0 spiro atoms. The number of hydrogen-bond acceptors (Lipinski definition) is 6. The van der Waals surface area contributed by atoms with Gasteiger partial charge in [-0.05, 0) is 27.7 Å². The van der Waals surface area contributed by atoms with Gasteiger partial charge in [0.25, 0.3) is 5.91 Å². The summed E-state index contributed by atoms with van der Waals surface area (Å²) in [6, 6.07) is 0. The second kappa shape index (κ2) is 6.99. The van der Waals surface area contributed by atoms with Crippen molar-refractivity contribution in [3.8, 4) is 0 Å². The van der Waals surface area contributed by atoms with Crippen molar-refractivity contribution in [3.63, 3.8) is 0 Å². The van der Waals surface area contributed by atoms with E-state index in [1.165, 1.54) is 4.68 Å². The summed E-state index contributed by atoms with van der Waals surface area (Å²) in [6.45, 7) is 8.49. The van der Waals surface area contributed by atoms with Gasteiger partial charge in [0.05, 0.1) is 18.5 Å². The molecule has 0 aromatic carbocycles. The molecule has 1 aromatic rings. The first-order valence-electron chi connectivity index (χ1n) is 6.41. The third-order valence-corrected chi connectivity index (χ3v) is 2.21. The summed E-state index contributed by atoms with van der Waals surface area (Å²) in [7, 11) is 0. The van der Waals surface area contributed by atoms with Crippen LogP contribution < -0.4 is 10.6 Å². The van der Waals surface area contributed by atoms with E-state index in [1.807, 2.05) is 20.8 Å². The number of hydrogen-bond donors (Lipinski definition) is 2. The van der Waals surface area contributed by atoms with Crippen LogP contribution in [0.15, 0.2) is 6.20 Å². The van der Waals surface area contributed by atoms with Gasteiger partial charge in [0.2, 0.25) is 0 Å². The van der Waals surface area contributed by atoms with Crippen LogP contribution in [0.3, 0.4) is 0 Å². The summed E-state index contributed by atoms with van der Waals surface area (Å²) in [6.07, 6.45) is 0.899. The molecule has 0 unspecified atom stereocenters. The predicted octanol–water partition coefficient (Wildman–Crippen LogP) is 0.439. The fourth-order valence-electron chi connectivity index (χ4n) is 1.32. The van der Waals surface area contributed by atoms with E-state index in [1.54, 1.807) is 13.1 Å². The highest BCUT2D eigenvalue weighted by molar-refractivity contribution is 5.91. The molecule has 0 saturated carbocycles. The van der Waals surface area contributed by atoms with Gasteiger partial charge in [-0.3, -0.25) is 10.1 Å². The van der Waals surface area contributed by atoms with Gasteiger partial charge in [0.1, 0.15) is 6.54 Å². The number of nitrogens with one attached hydrogen (secondary N) is 2. The third kappa shape index (κ3) is 6.28. The minimum absolute atomic E-state index is 0.0228. The highest BCUT2D eigenvalue weighted by Gasteiger charge is 2.12. The van der Waals surface area contributed by atoms with Gasteiger partial charge in [0, 0.05) is 12.1 Å². The number of rotatable bonds is 5. The van der Waals surface area contributed by atoms with Gasteiger partial charge in [-0.1, -0.05) is 5.21 Å². The van der Waals surface area contributed by atoms with Gasteiger partial charge >= 0.3 is 6.09 Å². The van der Waals surface area contributed by atoms with Crippen molar-refractivity contribution in [1.82, 2.24) is 25.6 Å². The normalized spacial score (nSPS) is 11.2.